The van der Waals surface area contributed by atoms with Crippen molar-refractivity contribution in [3.05, 3.63) is 16.5 Å². The minimum atomic E-state index is -0.493. The first kappa shape index (κ1) is 16.7. The Balaban J connectivity index is 3.24. The quantitative estimate of drug-likeness (QED) is 0.837. The summed E-state index contributed by atoms with van der Waals surface area (Å²) in [5.41, 5.74) is 5.91. The highest BCUT2D eigenvalue weighted by Crippen LogP contribution is 2.27. The number of halogens is 1. The molecule has 1 atom stereocenters. The third-order valence-corrected chi connectivity index (χ3v) is 3.39. The van der Waals surface area contributed by atoms with Crippen molar-refractivity contribution in [2.45, 2.75) is 53.0 Å². The van der Waals surface area contributed by atoms with E-state index in [1.165, 1.54) is 0 Å². The lowest BCUT2D eigenvalue weighted by Crippen LogP contribution is -2.40. The van der Waals surface area contributed by atoms with Crippen LogP contribution in [0.2, 0.25) is 5.15 Å². The smallest absolute Gasteiger partial charge is 0.240 e. The number of nitrogens with one attached hydrogen (secondary N) is 1. The van der Waals surface area contributed by atoms with E-state index in [2.05, 4.69) is 15.3 Å². The van der Waals surface area contributed by atoms with Gasteiger partial charge in [-0.1, -0.05) is 46.2 Å². The molecule has 0 aliphatic carbocycles. The molecule has 0 saturated heterocycles. The van der Waals surface area contributed by atoms with Crippen LogP contribution in [0.15, 0.2) is 0 Å². The molecule has 1 unspecified atom stereocenters. The highest BCUT2D eigenvalue weighted by atomic mass is 35.5. The molecule has 0 aliphatic heterocycles. The monoisotopic (exact) mass is 298 g/mol. The summed E-state index contributed by atoms with van der Waals surface area (Å²) in [7, 11) is 0. The van der Waals surface area contributed by atoms with Crippen molar-refractivity contribution in [1.29, 1.82) is 0 Å². The Labute approximate surface area is 125 Å². The summed E-state index contributed by atoms with van der Waals surface area (Å²) >= 11 is 6.16. The van der Waals surface area contributed by atoms with Gasteiger partial charge in [-0.15, -0.1) is 0 Å². The Morgan fingerprint density at radius 2 is 1.85 bits per heavy atom. The van der Waals surface area contributed by atoms with Gasteiger partial charge in [-0.3, -0.25) is 4.79 Å². The van der Waals surface area contributed by atoms with E-state index in [1.807, 2.05) is 41.5 Å². The summed E-state index contributed by atoms with van der Waals surface area (Å²) in [6.45, 7) is 11.7. The Bertz CT molecular complexity index is 509. The molecule has 0 saturated carbocycles. The number of nitrogens with two attached hydrogens (primary N) is 1. The van der Waals surface area contributed by atoms with Gasteiger partial charge in [-0.05, 0) is 12.8 Å². The van der Waals surface area contributed by atoms with Crippen molar-refractivity contribution in [3.63, 3.8) is 0 Å². The molecule has 1 heterocycles. The number of carbonyl (C=O) groups excluding carboxylic acids is 1. The fourth-order valence-corrected chi connectivity index (χ4v) is 1.85. The molecule has 0 spiro atoms. The van der Waals surface area contributed by atoms with E-state index in [0.717, 1.165) is 0 Å². The third kappa shape index (κ3) is 3.82. The van der Waals surface area contributed by atoms with Gasteiger partial charge in [0.25, 0.3) is 0 Å². The van der Waals surface area contributed by atoms with Gasteiger partial charge in [0.15, 0.2) is 0 Å². The minimum absolute atomic E-state index is 0.0544. The number of carbonyl (C=O) groups is 1. The van der Waals surface area contributed by atoms with Crippen molar-refractivity contribution < 1.29 is 4.79 Å². The van der Waals surface area contributed by atoms with E-state index in [9.17, 15) is 4.79 Å². The van der Waals surface area contributed by atoms with E-state index < -0.39 is 11.9 Å². The number of aromatic nitrogens is 2. The summed E-state index contributed by atoms with van der Waals surface area (Å²) in [6, 6.07) is -0.493. The van der Waals surface area contributed by atoms with Crippen LogP contribution >= 0.6 is 11.6 Å². The molecule has 20 heavy (non-hydrogen) atoms. The lowest BCUT2D eigenvalue weighted by molar-refractivity contribution is -0.119. The summed E-state index contributed by atoms with van der Waals surface area (Å²) in [5.74, 6) is 0.833. The second-order valence-corrected chi connectivity index (χ2v) is 6.69. The van der Waals surface area contributed by atoms with Crippen LogP contribution in [0.5, 0.6) is 0 Å². The first-order chi connectivity index (χ1) is 9.04. The third-order valence-electron chi connectivity index (χ3n) is 3.02. The SMILES string of the molecule is Cc1c(Cl)nc(C(C)(C)C)nc1NC(C(N)=O)C(C)C. The second-order valence-electron chi connectivity index (χ2n) is 6.33. The first-order valence-electron chi connectivity index (χ1n) is 6.64. The number of rotatable bonds is 4. The van der Waals surface area contributed by atoms with E-state index in [-0.39, 0.29) is 11.3 Å². The highest BCUT2D eigenvalue weighted by Gasteiger charge is 2.24. The predicted octanol–water partition coefficient (Wildman–Crippen LogP) is 2.66. The van der Waals surface area contributed by atoms with Gasteiger partial charge in [-0.25, -0.2) is 9.97 Å². The molecule has 1 aromatic rings. The summed E-state index contributed by atoms with van der Waals surface area (Å²) < 4.78 is 0. The zero-order valence-corrected chi connectivity index (χ0v) is 13.7. The maximum atomic E-state index is 11.5. The van der Waals surface area contributed by atoms with Gasteiger partial charge in [0, 0.05) is 11.0 Å². The summed E-state index contributed by atoms with van der Waals surface area (Å²) in [6.07, 6.45) is 0. The van der Waals surface area contributed by atoms with Crippen LogP contribution in [0, 0.1) is 12.8 Å². The Morgan fingerprint density at radius 1 is 1.30 bits per heavy atom. The average Bonchev–Trinajstić information content (AvgIpc) is 2.28. The molecular weight excluding hydrogens is 276 g/mol. The molecular formula is C14H23ClN4O. The normalized spacial score (nSPS) is 13.4. The van der Waals surface area contributed by atoms with Crippen LogP contribution < -0.4 is 11.1 Å². The van der Waals surface area contributed by atoms with Crippen molar-refractivity contribution in [2.75, 3.05) is 5.32 Å². The standard InChI is InChI=1S/C14H23ClN4O/c1-7(2)9(11(16)20)17-12-8(3)10(15)18-13(19-12)14(4,5)6/h7,9H,1-6H3,(H2,16,20)(H,17,18,19). The van der Waals surface area contributed by atoms with Crippen molar-refractivity contribution in [1.82, 2.24) is 9.97 Å². The number of amides is 1. The van der Waals surface area contributed by atoms with Gasteiger partial charge in [-0.2, -0.15) is 0 Å². The van der Waals surface area contributed by atoms with Crippen LogP contribution in [0.1, 0.15) is 46.0 Å². The average molecular weight is 299 g/mol. The summed E-state index contributed by atoms with van der Waals surface area (Å²) in [5, 5.41) is 3.48. The first-order valence-corrected chi connectivity index (χ1v) is 7.02. The van der Waals surface area contributed by atoms with Gasteiger partial charge in [0.05, 0.1) is 0 Å². The minimum Gasteiger partial charge on any atom is -0.368 e. The zero-order valence-electron chi connectivity index (χ0n) is 12.9. The molecule has 0 bridgehead atoms. The Kier molecular flexibility index (Phi) is 4.97. The van der Waals surface area contributed by atoms with E-state index in [4.69, 9.17) is 17.3 Å². The molecule has 6 heteroatoms. The molecule has 112 valence electrons. The van der Waals surface area contributed by atoms with Crippen LogP contribution in [0.25, 0.3) is 0 Å². The van der Waals surface area contributed by atoms with Crippen LogP contribution in [0.4, 0.5) is 5.82 Å². The lowest BCUT2D eigenvalue weighted by Gasteiger charge is -2.23. The number of primary amides is 1. The van der Waals surface area contributed by atoms with E-state index in [0.29, 0.717) is 22.4 Å². The topological polar surface area (TPSA) is 80.9 Å². The van der Waals surface area contributed by atoms with Gasteiger partial charge in [0.2, 0.25) is 5.91 Å². The van der Waals surface area contributed by atoms with Gasteiger partial charge in [0.1, 0.15) is 22.8 Å². The fraction of sp³-hybridized carbons (Fsp3) is 0.643. The highest BCUT2D eigenvalue weighted by molar-refractivity contribution is 6.30. The lowest BCUT2D eigenvalue weighted by atomic mass is 9.95. The fourth-order valence-electron chi connectivity index (χ4n) is 1.68. The maximum absolute atomic E-state index is 11.5. The molecule has 0 radical (unpaired) electrons. The predicted molar refractivity (Wildman–Crippen MR) is 81.9 cm³/mol. The van der Waals surface area contributed by atoms with Crippen LogP contribution in [0.3, 0.4) is 0 Å². The number of nitrogens with zero attached hydrogens (tertiary/aromatic N) is 2. The molecule has 1 amide bonds. The molecule has 5 nitrogen and oxygen atoms in total. The van der Waals surface area contributed by atoms with E-state index >= 15 is 0 Å². The van der Waals surface area contributed by atoms with Crippen molar-refractivity contribution in [2.24, 2.45) is 11.7 Å². The maximum Gasteiger partial charge on any atom is 0.240 e. The van der Waals surface area contributed by atoms with Crippen LogP contribution in [-0.4, -0.2) is 21.9 Å². The molecule has 1 rings (SSSR count). The van der Waals surface area contributed by atoms with Crippen molar-refractivity contribution >= 4 is 23.3 Å². The van der Waals surface area contributed by atoms with Gasteiger partial charge >= 0.3 is 0 Å². The number of hydrogen-bond acceptors (Lipinski definition) is 4. The molecule has 0 aliphatic rings. The zero-order chi connectivity index (χ0) is 15.7. The van der Waals surface area contributed by atoms with Crippen LogP contribution in [-0.2, 0) is 10.2 Å². The van der Waals surface area contributed by atoms with Crippen molar-refractivity contribution in [3.8, 4) is 0 Å². The second kappa shape index (κ2) is 5.95. The Hall–Kier alpha value is -1.36. The number of hydrogen-bond donors (Lipinski definition) is 2. The number of anilines is 1. The molecule has 0 aromatic carbocycles. The molecule has 1 aromatic heterocycles. The molecule has 3 N–H and O–H groups in total. The Morgan fingerprint density at radius 3 is 2.25 bits per heavy atom. The van der Waals surface area contributed by atoms with E-state index in [1.54, 1.807) is 0 Å². The van der Waals surface area contributed by atoms with Gasteiger partial charge < -0.3 is 11.1 Å². The molecule has 0 fully saturated rings. The largest absolute Gasteiger partial charge is 0.368 e. The summed E-state index contributed by atoms with van der Waals surface area (Å²) in [4.78, 5) is 20.3.